The molecule has 0 aliphatic carbocycles. The minimum Gasteiger partial charge on any atom is -0.382 e. The first-order chi connectivity index (χ1) is 13.8. The number of rotatable bonds is 10. The Balaban J connectivity index is 2.30. The number of ether oxygens (including phenoxy) is 1. The van der Waals surface area contributed by atoms with Crippen molar-refractivity contribution in [3.8, 4) is 0 Å². The molecule has 0 radical (unpaired) electrons. The molecule has 1 N–H and O–H groups in total. The zero-order valence-electron chi connectivity index (χ0n) is 16.3. The number of hydrogen-bond acceptors (Lipinski definition) is 4. The third-order valence-electron chi connectivity index (χ3n) is 4.09. The van der Waals surface area contributed by atoms with Gasteiger partial charge in [-0.3, -0.25) is 9.10 Å². The summed E-state index contributed by atoms with van der Waals surface area (Å²) in [5, 5.41) is 2.97. The lowest BCUT2D eigenvalue weighted by Crippen LogP contribution is -2.41. The highest BCUT2D eigenvalue weighted by atomic mass is 35.5. The number of benzene rings is 2. The fourth-order valence-electron chi connectivity index (χ4n) is 2.55. The predicted molar refractivity (Wildman–Crippen MR) is 116 cm³/mol. The van der Waals surface area contributed by atoms with E-state index in [2.05, 4.69) is 5.32 Å². The smallest absolute Gasteiger partial charge is 0.264 e. The molecule has 0 aliphatic rings. The van der Waals surface area contributed by atoms with E-state index >= 15 is 0 Å². The fraction of sp³-hybridized carbons (Fsp3) is 0.350. The molecule has 158 valence electrons. The standard InChI is InChI=1S/C20H24Cl2N2O4S/c1-3-28-13-5-12-23-19(25)14-24(18-7-4-6-17(21)20(18)22)29(26,27)16-10-8-15(2)9-11-16/h4,6-11H,3,5,12-14H2,1-2H3,(H,23,25). The predicted octanol–water partition coefficient (Wildman–Crippen LogP) is 4.04. The van der Waals surface area contributed by atoms with Crippen LogP contribution in [0.2, 0.25) is 10.0 Å². The number of anilines is 1. The lowest BCUT2D eigenvalue weighted by molar-refractivity contribution is -0.119. The van der Waals surface area contributed by atoms with Crippen LogP contribution in [0.15, 0.2) is 47.4 Å². The van der Waals surface area contributed by atoms with Gasteiger partial charge in [0.25, 0.3) is 10.0 Å². The Kier molecular flexibility index (Phi) is 8.77. The Morgan fingerprint density at radius 2 is 1.83 bits per heavy atom. The molecule has 0 bridgehead atoms. The first-order valence-electron chi connectivity index (χ1n) is 9.15. The molecular weight excluding hydrogens is 435 g/mol. The number of halogens is 2. The highest BCUT2D eigenvalue weighted by Crippen LogP contribution is 2.35. The number of carbonyl (C=O) groups is 1. The molecular formula is C20H24Cl2N2O4S. The van der Waals surface area contributed by atoms with Crippen molar-refractivity contribution in [2.45, 2.75) is 25.2 Å². The minimum atomic E-state index is -4.04. The van der Waals surface area contributed by atoms with Gasteiger partial charge in [0.1, 0.15) is 6.54 Å². The molecule has 0 unspecified atom stereocenters. The van der Waals surface area contributed by atoms with E-state index in [1.807, 2.05) is 13.8 Å². The molecule has 0 heterocycles. The summed E-state index contributed by atoms with van der Waals surface area (Å²) in [4.78, 5) is 12.5. The zero-order chi connectivity index (χ0) is 21.4. The lowest BCUT2D eigenvalue weighted by Gasteiger charge is -2.25. The quantitative estimate of drug-likeness (QED) is 0.545. The van der Waals surface area contributed by atoms with Gasteiger partial charge in [-0.25, -0.2) is 8.42 Å². The number of aryl methyl sites for hydroxylation is 1. The number of nitrogens with one attached hydrogen (secondary N) is 1. The topological polar surface area (TPSA) is 75.7 Å². The van der Waals surface area contributed by atoms with Crippen LogP contribution in [0.5, 0.6) is 0 Å². The van der Waals surface area contributed by atoms with E-state index in [-0.39, 0.29) is 20.6 Å². The van der Waals surface area contributed by atoms with E-state index in [0.717, 1.165) is 9.87 Å². The largest absolute Gasteiger partial charge is 0.382 e. The van der Waals surface area contributed by atoms with Crippen LogP contribution < -0.4 is 9.62 Å². The molecule has 0 spiro atoms. The summed E-state index contributed by atoms with van der Waals surface area (Å²) in [6, 6.07) is 11.0. The van der Waals surface area contributed by atoms with Crippen LogP contribution in [0.3, 0.4) is 0 Å². The average Bonchev–Trinajstić information content (AvgIpc) is 2.68. The second kappa shape index (κ2) is 10.8. The molecule has 6 nitrogen and oxygen atoms in total. The number of hydrogen-bond donors (Lipinski definition) is 1. The van der Waals surface area contributed by atoms with Gasteiger partial charge in [0.2, 0.25) is 5.91 Å². The van der Waals surface area contributed by atoms with Crippen LogP contribution >= 0.6 is 23.2 Å². The summed E-state index contributed by atoms with van der Waals surface area (Å²) in [5.41, 5.74) is 1.06. The van der Waals surface area contributed by atoms with E-state index in [1.54, 1.807) is 24.3 Å². The molecule has 2 rings (SSSR count). The van der Waals surface area contributed by atoms with Crippen molar-refractivity contribution in [1.82, 2.24) is 5.32 Å². The Hall–Kier alpha value is -1.80. The third kappa shape index (κ3) is 6.34. The van der Waals surface area contributed by atoms with Gasteiger partial charge in [0.15, 0.2) is 0 Å². The van der Waals surface area contributed by atoms with Crippen LogP contribution in [-0.2, 0) is 19.6 Å². The summed E-state index contributed by atoms with van der Waals surface area (Å²) >= 11 is 12.3. The maximum Gasteiger partial charge on any atom is 0.264 e. The van der Waals surface area contributed by atoms with E-state index in [9.17, 15) is 13.2 Å². The van der Waals surface area contributed by atoms with Gasteiger partial charge in [-0.1, -0.05) is 47.0 Å². The SMILES string of the molecule is CCOCCCNC(=O)CN(c1cccc(Cl)c1Cl)S(=O)(=O)c1ccc(C)cc1. The summed E-state index contributed by atoms with van der Waals surface area (Å²) in [5.74, 6) is -0.451. The maximum atomic E-state index is 13.3. The molecule has 29 heavy (non-hydrogen) atoms. The molecule has 2 aromatic carbocycles. The van der Waals surface area contributed by atoms with Crippen LogP contribution in [0.25, 0.3) is 0 Å². The minimum absolute atomic E-state index is 0.0586. The van der Waals surface area contributed by atoms with Gasteiger partial charge >= 0.3 is 0 Å². The Labute approximate surface area is 181 Å². The molecule has 2 aromatic rings. The average molecular weight is 459 g/mol. The van der Waals surface area contributed by atoms with Crippen molar-refractivity contribution < 1.29 is 17.9 Å². The lowest BCUT2D eigenvalue weighted by atomic mass is 10.2. The van der Waals surface area contributed by atoms with Crippen molar-refractivity contribution in [1.29, 1.82) is 0 Å². The van der Waals surface area contributed by atoms with E-state index < -0.39 is 22.5 Å². The van der Waals surface area contributed by atoms with Gasteiger partial charge in [-0.15, -0.1) is 0 Å². The van der Waals surface area contributed by atoms with Crippen molar-refractivity contribution in [2.75, 3.05) is 30.6 Å². The number of carbonyl (C=O) groups excluding carboxylic acids is 1. The first-order valence-corrected chi connectivity index (χ1v) is 11.3. The van der Waals surface area contributed by atoms with E-state index in [1.165, 1.54) is 18.2 Å². The molecule has 0 aromatic heterocycles. The van der Waals surface area contributed by atoms with E-state index in [4.69, 9.17) is 27.9 Å². The van der Waals surface area contributed by atoms with Gasteiger partial charge in [0.05, 0.1) is 20.6 Å². The summed E-state index contributed by atoms with van der Waals surface area (Å²) < 4.78 is 32.8. The van der Waals surface area contributed by atoms with Crippen molar-refractivity contribution in [3.63, 3.8) is 0 Å². The normalized spacial score (nSPS) is 11.3. The third-order valence-corrected chi connectivity index (χ3v) is 6.67. The van der Waals surface area contributed by atoms with Crippen LogP contribution in [0, 0.1) is 6.92 Å². The summed E-state index contributed by atoms with van der Waals surface area (Å²) in [6.07, 6.45) is 0.627. The molecule has 0 saturated heterocycles. The summed E-state index contributed by atoms with van der Waals surface area (Å²) in [6.45, 7) is 4.82. The zero-order valence-corrected chi connectivity index (χ0v) is 18.6. The second-order valence-corrected chi connectivity index (χ2v) is 8.95. The van der Waals surface area contributed by atoms with Crippen LogP contribution in [-0.4, -0.2) is 40.6 Å². The highest BCUT2D eigenvalue weighted by molar-refractivity contribution is 7.92. The van der Waals surface area contributed by atoms with Gasteiger partial charge in [0, 0.05) is 19.8 Å². The van der Waals surface area contributed by atoms with Crippen LogP contribution in [0.4, 0.5) is 5.69 Å². The molecule has 1 amide bonds. The van der Waals surface area contributed by atoms with E-state index in [0.29, 0.717) is 26.2 Å². The Bertz CT molecular complexity index is 934. The maximum absolute atomic E-state index is 13.3. The molecule has 0 fully saturated rings. The van der Waals surface area contributed by atoms with Gasteiger partial charge in [-0.2, -0.15) is 0 Å². The first kappa shape index (κ1) is 23.5. The Morgan fingerprint density at radius 3 is 2.48 bits per heavy atom. The van der Waals surface area contributed by atoms with Crippen LogP contribution in [0.1, 0.15) is 18.9 Å². The van der Waals surface area contributed by atoms with Crippen molar-refractivity contribution >= 4 is 44.8 Å². The fourth-order valence-corrected chi connectivity index (χ4v) is 4.44. The van der Waals surface area contributed by atoms with Crippen molar-refractivity contribution in [3.05, 3.63) is 58.1 Å². The number of nitrogens with zero attached hydrogens (tertiary/aromatic N) is 1. The molecule has 0 saturated carbocycles. The monoisotopic (exact) mass is 458 g/mol. The molecule has 9 heteroatoms. The van der Waals surface area contributed by atoms with Gasteiger partial charge in [-0.05, 0) is 44.5 Å². The highest BCUT2D eigenvalue weighted by Gasteiger charge is 2.29. The number of sulfonamides is 1. The van der Waals surface area contributed by atoms with Gasteiger partial charge < -0.3 is 10.1 Å². The number of amides is 1. The summed E-state index contributed by atoms with van der Waals surface area (Å²) in [7, 11) is -4.04. The Morgan fingerprint density at radius 1 is 1.14 bits per heavy atom. The molecule has 0 aliphatic heterocycles. The van der Waals surface area contributed by atoms with Crippen molar-refractivity contribution in [2.24, 2.45) is 0 Å². The second-order valence-electron chi connectivity index (χ2n) is 6.30. The molecule has 0 atom stereocenters.